The molecule has 3 unspecified atom stereocenters. The molecule has 16 heteroatoms. The third kappa shape index (κ3) is 10.5. The minimum atomic E-state index is -1.49. The quantitative estimate of drug-likeness (QED) is 0.190. The van der Waals surface area contributed by atoms with Gasteiger partial charge in [0.1, 0.15) is 0 Å². The van der Waals surface area contributed by atoms with Gasteiger partial charge >= 0.3 is 20.1 Å². The number of nitrogens with one attached hydrogen (secondary N) is 3. The fraction of sp³-hybridized carbons (Fsp3) is 0.176. The van der Waals surface area contributed by atoms with Gasteiger partial charge in [0.25, 0.3) is 0 Å². The number of para-hydroxylation sites is 3. The van der Waals surface area contributed by atoms with Crippen LogP contribution in [0.3, 0.4) is 0 Å². The van der Waals surface area contributed by atoms with E-state index >= 15 is 0 Å². The number of carbonyl (C=O) groups is 3. The molecule has 0 aliphatic carbocycles. The van der Waals surface area contributed by atoms with E-state index in [1.807, 2.05) is 185 Å². The van der Waals surface area contributed by atoms with Gasteiger partial charge in [-0.2, -0.15) is 16.3 Å². The third-order valence-corrected chi connectivity index (χ3v) is 11.0. The zero-order valence-electron chi connectivity index (χ0n) is 37.6. The molecular formula is C51H48IrN9O6. The number of aliphatic carboxylic acids is 3. The van der Waals surface area contributed by atoms with Gasteiger partial charge in [0.05, 0.1) is 35.0 Å². The molecule has 67 heavy (non-hydrogen) atoms. The molecular weight excluding hydrogens is 1030 g/mol. The maximum atomic E-state index is 11.5. The Labute approximate surface area is 402 Å². The number of aryl methyl sites for hydroxylation is 3. The molecule has 6 aromatic carbocycles. The molecule has 15 nitrogen and oxygen atoms in total. The monoisotopic (exact) mass is 1080 g/mol. The summed E-state index contributed by atoms with van der Waals surface area (Å²) in [5, 5.41) is 39.5. The van der Waals surface area contributed by atoms with Crippen molar-refractivity contribution in [2.45, 2.75) is 58.5 Å². The Morgan fingerprint density at radius 3 is 0.806 bits per heavy atom. The normalized spacial score (nSPS) is 20.5. The van der Waals surface area contributed by atoms with Crippen molar-refractivity contribution in [3.05, 3.63) is 197 Å². The van der Waals surface area contributed by atoms with Crippen LogP contribution in [-0.2, 0) is 34.5 Å². The Morgan fingerprint density at radius 1 is 0.388 bits per heavy atom. The van der Waals surface area contributed by atoms with Gasteiger partial charge in [-0.3, -0.25) is 15.0 Å². The van der Waals surface area contributed by atoms with Crippen LogP contribution in [-0.4, -0.2) is 52.4 Å². The molecule has 3 heterocycles. The first-order chi connectivity index (χ1) is 31.5. The molecule has 0 saturated heterocycles. The summed E-state index contributed by atoms with van der Waals surface area (Å²) in [4.78, 5) is 47.4. The van der Waals surface area contributed by atoms with Crippen LogP contribution in [0.25, 0.3) is 0 Å². The van der Waals surface area contributed by atoms with Crippen molar-refractivity contribution in [2.24, 2.45) is 15.0 Å². The van der Waals surface area contributed by atoms with Crippen LogP contribution in [0.2, 0.25) is 0 Å². The number of carbonyl (C=O) groups excluding carboxylic acids is 3. The molecule has 0 aromatic heterocycles. The average molecular weight is 1080 g/mol. The van der Waals surface area contributed by atoms with Crippen LogP contribution >= 0.6 is 0 Å². The minimum Gasteiger partial charge on any atom is -0.546 e. The van der Waals surface area contributed by atoms with Crippen molar-refractivity contribution in [3.63, 3.8) is 0 Å². The van der Waals surface area contributed by atoms with Crippen molar-refractivity contribution in [1.82, 2.24) is 16.3 Å². The second-order valence-electron chi connectivity index (χ2n) is 16.2. The Kier molecular flexibility index (Phi) is 15.0. The maximum Gasteiger partial charge on any atom is 3.00 e. The standard InChI is InChI=1S/3C17H17N3O2.Ir/c3*1-12-8-6-7-11-14(12)20-15(13-9-4-3-5-10-13)18-17(2,19-20)16(21)22;/h3*3-11,19H,1-2H3,(H,21,22);/q;;;+3/p-3. The molecule has 0 spiro atoms. The molecule has 3 atom stereocenters. The second-order valence-corrected chi connectivity index (χ2v) is 16.2. The Bertz CT molecular complexity index is 2540. The van der Waals surface area contributed by atoms with E-state index in [1.165, 1.54) is 20.8 Å². The number of carboxylic acids is 3. The number of hydrogen-bond acceptors (Lipinski definition) is 15. The van der Waals surface area contributed by atoms with Crippen molar-refractivity contribution in [1.29, 1.82) is 0 Å². The van der Waals surface area contributed by atoms with E-state index in [1.54, 1.807) is 15.0 Å². The molecule has 6 aromatic rings. The molecule has 0 bridgehead atoms. The fourth-order valence-corrected chi connectivity index (χ4v) is 7.25. The number of aliphatic imine (C=N–C) groups is 3. The molecule has 9 rings (SSSR count). The maximum absolute atomic E-state index is 11.5. The number of hydrogen-bond donors (Lipinski definition) is 3. The number of hydrazine groups is 3. The van der Waals surface area contributed by atoms with E-state index in [4.69, 9.17) is 0 Å². The fourth-order valence-electron chi connectivity index (χ4n) is 7.25. The second kappa shape index (κ2) is 20.5. The SMILES string of the molecule is Cc1ccccc1N1NC(C)(C(=O)[O-])N=C1c1ccccc1.Cc1ccccc1N1NC(C)(C(=O)[O-])N=C1c1ccccc1.Cc1ccccc1N1NC(C)(C(=O)[O-])N=C1c1ccccc1.[Ir+3]. The summed E-state index contributed by atoms with van der Waals surface area (Å²) >= 11 is 0. The van der Waals surface area contributed by atoms with Gasteiger partial charge in [-0.1, -0.05) is 146 Å². The van der Waals surface area contributed by atoms with Crippen molar-refractivity contribution in [3.8, 4) is 0 Å². The van der Waals surface area contributed by atoms with Crippen molar-refractivity contribution in [2.75, 3.05) is 15.0 Å². The van der Waals surface area contributed by atoms with E-state index < -0.39 is 34.9 Å². The van der Waals surface area contributed by atoms with Crippen LogP contribution < -0.4 is 46.6 Å². The van der Waals surface area contributed by atoms with Gasteiger partial charge in [0.2, 0.25) is 0 Å². The number of amidine groups is 3. The van der Waals surface area contributed by atoms with Gasteiger partial charge in [-0.25, -0.2) is 15.0 Å². The first kappa shape index (κ1) is 49.1. The summed E-state index contributed by atoms with van der Waals surface area (Å²) in [5.41, 5.74) is 12.5. The summed E-state index contributed by atoms with van der Waals surface area (Å²) in [7, 11) is 0. The van der Waals surface area contributed by atoms with E-state index in [0.717, 1.165) is 50.4 Å². The van der Waals surface area contributed by atoms with Crippen LogP contribution in [0, 0.1) is 20.8 Å². The molecule has 0 saturated carbocycles. The third-order valence-electron chi connectivity index (χ3n) is 11.0. The topological polar surface area (TPSA) is 203 Å². The van der Waals surface area contributed by atoms with Crippen molar-refractivity contribution >= 4 is 52.5 Å². The number of benzene rings is 6. The predicted octanol–water partition coefficient (Wildman–Crippen LogP) is 3.70. The molecule has 0 fully saturated rings. The summed E-state index contributed by atoms with van der Waals surface area (Å²) in [5.74, 6) is -2.13. The minimum absolute atomic E-state index is 0. The average Bonchev–Trinajstić information content (AvgIpc) is 4.00. The smallest absolute Gasteiger partial charge is 0.546 e. The Morgan fingerprint density at radius 2 is 0.597 bits per heavy atom. The molecule has 0 amide bonds. The first-order valence-electron chi connectivity index (χ1n) is 21.0. The number of carboxylic acid groups (broad SMARTS) is 3. The summed E-state index contributed by atoms with van der Waals surface area (Å²) in [6.07, 6.45) is 0. The molecule has 3 aliphatic heterocycles. The van der Waals surface area contributed by atoms with E-state index in [9.17, 15) is 29.7 Å². The first-order valence-corrected chi connectivity index (χ1v) is 21.0. The summed E-state index contributed by atoms with van der Waals surface area (Å²) in [6.45, 7) is 10.4. The van der Waals surface area contributed by atoms with E-state index in [2.05, 4.69) is 31.3 Å². The van der Waals surface area contributed by atoms with Gasteiger partial charge in [-0.15, -0.1) is 0 Å². The van der Waals surface area contributed by atoms with Crippen LogP contribution in [0.4, 0.5) is 17.1 Å². The summed E-state index contributed by atoms with van der Waals surface area (Å²) < 4.78 is 0. The van der Waals surface area contributed by atoms with Crippen LogP contribution in [0.1, 0.15) is 54.2 Å². The number of nitrogens with zero attached hydrogens (tertiary/aromatic N) is 6. The largest absolute Gasteiger partial charge is 3.00 e. The van der Waals surface area contributed by atoms with Crippen molar-refractivity contribution < 1.29 is 49.8 Å². The van der Waals surface area contributed by atoms with E-state index in [-0.39, 0.29) is 20.1 Å². The van der Waals surface area contributed by atoms with Gasteiger partial charge < -0.3 is 29.7 Å². The molecule has 342 valence electrons. The Hall–Kier alpha value is -7.33. The van der Waals surface area contributed by atoms with E-state index in [0.29, 0.717) is 17.5 Å². The number of rotatable bonds is 9. The summed E-state index contributed by atoms with van der Waals surface area (Å²) in [6, 6.07) is 51.6. The predicted molar refractivity (Wildman–Crippen MR) is 250 cm³/mol. The van der Waals surface area contributed by atoms with Crippen LogP contribution in [0.15, 0.2) is 179 Å². The van der Waals surface area contributed by atoms with Gasteiger partial charge in [0, 0.05) is 16.7 Å². The van der Waals surface area contributed by atoms with Gasteiger partial charge in [-0.05, 0) is 76.4 Å². The van der Waals surface area contributed by atoms with Gasteiger partial charge in [0.15, 0.2) is 34.5 Å². The zero-order chi connectivity index (χ0) is 47.2. The molecule has 3 aliphatic rings. The molecule has 0 radical (unpaired) electrons. The zero-order valence-corrected chi connectivity index (χ0v) is 39.9. The van der Waals surface area contributed by atoms with Crippen LogP contribution in [0.5, 0.6) is 0 Å². The molecule has 3 N–H and O–H groups in total. The number of anilines is 3. The Balaban J connectivity index is 0.000000165.